The third kappa shape index (κ3) is 4.65. The van der Waals surface area contributed by atoms with Gasteiger partial charge >= 0.3 is 0 Å². The molecule has 0 saturated heterocycles. The maximum Gasteiger partial charge on any atom is 0.185 e. The molecule has 0 bridgehead atoms. The Bertz CT molecular complexity index is 315. The van der Waals surface area contributed by atoms with E-state index in [9.17, 15) is 0 Å². The molecule has 94 valence electrons. The Hall–Kier alpha value is -0.360. The molecule has 0 radical (unpaired) electrons. The van der Waals surface area contributed by atoms with Crippen LogP contribution >= 0.6 is 23.7 Å². The molecule has 0 saturated carbocycles. The number of aryl methyl sites for hydroxylation is 1. The predicted molar refractivity (Wildman–Crippen MR) is 71.8 cm³/mol. The van der Waals surface area contributed by atoms with Gasteiger partial charge in [-0.1, -0.05) is 0 Å². The normalized spacial score (nSPS) is 12.1. The van der Waals surface area contributed by atoms with Crippen molar-refractivity contribution >= 4 is 28.9 Å². The number of hydrogen-bond acceptors (Lipinski definition) is 5. The van der Waals surface area contributed by atoms with E-state index in [2.05, 4.69) is 10.3 Å². The molecule has 4 nitrogen and oxygen atoms in total. The lowest BCUT2D eigenvalue weighted by atomic mass is 10.3. The van der Waals surface area contributed by atoms with E-state index in [4.69, 9.17) is 5.11 Å². The first-order valence-corrected chi connectivity index (χ1v) is 5.84. The molecule has 1 aromatic heterocycles. The fourth-order valence-electron chi connectivity index (χ4n) is 1.16. The van der Waals surface area contributed by atoms with Crippen LogP contribution in [0.4, 0.5) is 5.13 Å². The highest BCUT2D eigenvalue weighted by molar-refractivity contribution is 7.15. The minimum Gasteiger partial charge on any atom is -0.392 e. The van der Waals surface area contributed by atoms with Crippen LogP contribution in [0.5, 0.6) is 0 Å². The number of halogens is 1. The zero-order valence-corrected chi connectivity index (χ0v) is 11.8. The van der Waals surface area contributed by atoms with Crippen molar-refractivity contribution in [1.82, 2.24) is 10.3 Å². The number of aromatic nitrogens is 1. The molecule has 2 N–H and O–H groups in total. The molecule has 0 aliphatic carbocycles. The second kappa shape index (κ2) is 7.06. The summed E-state index contributed by atoms with van der Waals surface area (Å²) >= 11 is 1.69. The van der Waals surface area contributed by atoms with Gasteiger partial charge in [0.15, 0.2) is 5.13 Å². The van der Waals surface area contributed by atoms with Crippen molar-refractivity contribution in [3.63, 3.8) is 0 Å². The van der Waals surface area contributed by atoms with Crippen molar-refractivity contribution in [2.24, 2.45) is 0 Å². The molecule has 1 atom stereocenters. The lowest BCUT2D eigenvalue weighted by Gasteiger charge is -2.06. The van der Waals surface area contributed by atoms with Gasteiger partial charge in [-0.05, 0) is 13.8 Å². The molecule has 16 heavy (non-hydrogen) atoms. The van der Waals surface area contributed by atoms with Crippen molar-refractivity contribution in [1.29, 1.82) is 0 Å². The van der Waals surface area contributed by atoms with Crippen molar-refractivity contribution in [2.75, 3.05) is 25.5 Å². The van der Waals surface area contributed by atoms with Crippen molar-refractivity contribution in [3.05, 3.63) is 10.6 Å². The molecular weight excluding hydrogens is 246 g/mol. The molecule has 1 aromatic rings. The number of nitrogens with one attached hydrogen (secondary N) is 1. The van der Waals surface area contributed by atoms with E-state index in [-0.39, 0.29) is 18.5 Å². The van der Waals surface area contributed by atoms with Crippen molar-refractivity contribution in [3.8, 4) is 0 Å². The highest BCUT2D eigenvalue weighted by Crippen LogP contribution is 2.24. The van der Waals surface area contributed by atoms with Gasteiger partial charge in [-0.25, -0.2) is 4.98 Å². The molecule has 1 unspecified atom stereocenters. The van der Waals surface area contributed by atoms with E-state index in [0.717, 1.165) is 17.4 Å². The van der Waals surface area contributed by atoms with Crippen LogP contribution in [0.3, 0.4) is 0 Å². The van der Waals surface area contributed by atoms with E-state index in [1.54, 1.807) is 18.3 Å². The third-order valence-electron chi connectivity index (χ3n) is 1.99. The molecule has 0 aromatic carbocycles. The second-order valence-corrected chi connectivity index (χ2v) is 4.94. The number of anilines is 1. The van der Waals surface area contributed by atoms with E-state index < -0.39 is 0 Å². The van der Waals surface area contributed by atoms with Gasteiger partial charge < -0.3 is 15.3 Å². The van der Waals surface area contributed by atoms with Gasteiger partial charge in [0.1, 0.15) is 0 Å². The highest BCUT2D eigenvalue weighted by atomic mass is 35.5. The average molecular weight is 266 g/mol. The van der Waals surface area contributed by atoms with Gasteiger partial charge in [0.05, 0.1) is 11.8 Å². The summed E-state index contributed by atoms with van der Waals surface area (Å²) in [6.45, 7) is 5.19. The quantitative estimate of drug-likeness (QED) is 0.845. The fraction of sp³-hybridized carbons (Fsp3) is 0.700. The second-order valence-electron chi connectivity index (χ2n) is 3.88. The lowest BCUT2D eigenvalue weighted by Crippen LogP contribution is -2.23. The summed E-state index contributed by atoms with van der Waals surface area (Å²) in [5.41, 5.74) is 1.07. The predicted octanol–water partition coefficient (Wildman–Crippen LogP) is 1.41. The summed E-state index contributed by atoms with van der Waals surface area (Å²) in [5.74, 6) is 0. The van der Waals surface area contributed by atoms with Gasteiger partial charge in [-0.15, -0.1) is 23.7 Å². The van der Waals surface area contributed by atoms with Crippen LogP contribution in [0.25, 0.3) is 0 Å². The van der Waals surface area contributed by atoms with Crippen molar-refractivity contribution < 1.29 is 5.11 Å². The maximum atomic E-state index is 9.11. The van der Waals surface area contributed by atoms with E-state index in [0.29, 0.717) is 6.54 Å². The van der Waals surface area contributed by atoms with Gasteiger partial charge in [-0.3, -0.25) is 0 Å². The maximum absolute atomic E-state index is 9.11. The standard InChI is InChI=1S/C10H19N3OS.ClH/c1-7(14)5-11-6-9-8(2)12-10(15-9)13(3)4;/h7,11,14H,5-6H2,1-4H3;1H. The first kappa shape index (κ1) is 15.6. The van der Waals surface area contributed by atoms with Crippen LogP contribution in [0, 0.1) is 6.92 Å². The van der Waals surface area contributed by atoms with Crippen LogP contribution in [0.1, 0.15) is 17.5 Å². The Kier molecular flexibility index (Phi) is 6.90. The topological polar surface area (TPSA) is 48.4 Å². The zero-order chi connectivity index (χ0) is 11.4. The van der Waals surface area contributed by atoms with E-state index in [1.165, 1.54) is 4.88 Å². The van der Waals surface area contributed by atoms with Crippen LogP contribution in [0.15, 0.2) is 0 Å². The number of thiazole rings is 1. The number of nitrogens with zero attached hydrogens (tertiary/aromatic N) is 2. The molecule has 0 aliphatic heterocycles. The Labute approximate surface area is 107 Å². The Morgan fingerprint density at radius 3 is 2.56 bits per heavy atom. The Morgan fingerprint density at radius 1 is 1.50 bits per heavy atom. The van der Waals surface area contributed by atoms with Crippen LogP contribution in [-0.2, 0) is 6.54 Å². The van der Waals surface area contributed by atoms with Crippen LogP contribution in [-0.4, -0.2) is 36.8 Å². The van der Waals surface area contributed by atoms with Crippen LogP contribution < -0.4 is 10.2 Å². The zero-order valence-electron chi connectivity index (χ0n) is 10.1. The average Bonchev–Trinajstić information content (AvgIpc) is 2.47. The van der Waals surface area contributed by atoms with E-state index >= 15 is 0 Å². The highest BCUT2D eigenvalue weighted by Gasteiger charge is 2.08. The van der Waals surface area contributed by atoms with Crippen LogP contribution in [0.2, 0.25) is 0 Å². The molecule has 1 rings (SSSR count). The SMILES string of the molecule is Cc1nc(N(C)C)sc1CNCC(C)O.Cl. The summed E-state index contributed by atoms with van der Waals surface area (Å²) < 4.78 is 0. The first-order chi connectivity index (χ1) is 7.00. The number of aliphatic hydroxyl groups is 1. The number of hydrogen-bond donors (Lipinski definition) is 2. The molecule has 0 spiro atoms. The minimum absolute atomic E-state index is 0. The molecular formula is C10H20ClN3OS. The Balaban J connectivity index is 0.00000225. The third-order valence-corrected chi connectivity index (χ3v) is 3.31. The summed E-state index contributed by atoms with van der Waals surface area (Å²) in [4.78, 5) is 7.70. The van der Waals surface area contributed by atoms with Gasteiger partial charge in [0.2, 0.25) is 0 Å². The Morgan fingerprint density at radius 2 is 2.12 bits per heavy atom. The fourth-order valence-corrected chi connectivity index (χ4v) is 2.12. The number of aliphatic hydroxyl groups excluding tert-OH is 1. The summed E-state index contributed by atoms with van der Waals surface area (Å²) in [7, 11) is 3.98. The molecule has 6 heteroatoms. The van der Waals surface area contributed by atoms with E-state index in [1.807, 2.05) is 25.9 Å². The van der Waals surface area contributed by atoms with Gasteiger partial charge in [0, 0.05) is 32.1 Å². The molecule has 0 amide bonds. The first-order valence-electron chi connectivity index (χ1n) is 5.03. The summed E-state index contributed by atoms with van der Waals surface area (Å²) in [6.07, 6.45) is -0.299. The minimum atomic E-state index is -0.299. The molecule has 0 aliphatic rings. The monoisotopic (exact) mass is 265 g/mol. The van der Waals surface area contributed by atoms with Gasteiger partial charge in [-0.2, -0.15) is 0 Å². The number of rotatable bonds is 5. The summed E-state index contributed by atoms with van der Waals surface area (Å²) in [6, 6.07) is 0. The molecule has 0 fully saturated rings. The van der Waals surface area contributed by atoms with Crippen molar-refractivity contribution in [2.45, 2.75) is 26.5 Å². The van der Waals surface area contributed by atoms with Gasteiger partial charge in [0.25, 0.3) is 0 Å². The molecule has 1 heterocycles. The summed E-state index contributed by atoms with van der Waals surface area (Å²) in [5, 5.41) is 13.3. The smallest absolute Gasteiger partial charge is 0.185 e. The largest absolute Gasteiger partial charge is 0.392 e. The lowest BCUT2D eigenvalue weighted by molar-refractivity contribution is 0.191.